The highest BCUT2D eigenvalue weighted by Gasteiger charge is 2.32. The first-order chi connectivity index (χ1) is 31.9. The number of nitrogens with zero attached hydrogens (tertiary/aromatic N) is 5. The zero-order chi connectivity index (χ0) is 46.3. The van der Waals surface area contributed by atoms with Gasteiger partial charge in [0.15, 0.2) is 11.6 Å². The second kappa shape index (κ2) is 20.6. The van der Waals surface area contributed by atoms with Crippen molar-refractivity contribution in [1.29, 1.82) is 0 Å². The first kappa shape index (κ1) is 45.8. The molecule has 8 rings (SSSR count). The molecule has 0 saturated carbocycles. The molecule has 0 spiro atoms. The van der Waals surface area contributed by atoms with Crippen LogP contribution in [0.25, 0.3) is 0 Å². The quantitative estimate of drug-likeness (QED) is 0.0701. The number of imide groups is 1. The van der Waals surface area contributed by atoms with Gasteiger partial charge >= 0.3 is 0 Å². The fourth-order valence-electron chi connectivity index (χ4n) is 8.37. The van der Waals surface area contributed by atoms with E-state index in [0.717, 1.165) is 51.2 Å². The number of piperidine rings is 2. The van der Waals surface area contributed by atoms with Crippen molar-refractivity contribution >= 4 is 69.7 Å². The maximum atomic E-state index is 15.5. The number of amides is 4. The SMILES string of the molecule is COc1cc(N2CCN(CCC3CCN(NC(=O)c4ccc(Nc5ncc(F)c(Nc6ccc(C(=O)Nc7ccccc7Cl)cc6)n5)cc4F)CC3)CC2)c(F)cc1C1CCC(=O)NC1=O. The first-order valence-corrected chi connectivity index (χ1v) is 22.0. The molecule has 3 saturated heterocycles. The fraction of sp³-hybridized carbons (Fsp3) is 0.319. The van der Waals surface area contributed by atoms with Gasteiger partial charge in [-0.2, -0.15) is 4.98 Å². The molecular weight excluding hydrogens is 877 g/mol. The van der Waals surface area contributed by atoms with Gasteiger partial charge < -0.3 is 25.6 Å². The Morgan fingerprint density at radius 3 is 2.29 bits per heavy atom. The zero-order valence-corrected chi connectivity index (χ0v) is 36.8. The summed E-state index contributed by atoms with van der Waals surface area (Å²) >= 11 is 6.14. The molecule has 4 aromatic carbocycles. The van der Waals surface area contributed by atoms with Crippen molar-refractivity contribution in [3.8, 4) is 5.75 Å². The van der Waals surface area contributed by atoms with E-state index < -0.39 is 35.2 Å². The Hall–Kier alpha value is -6.76. The Labute approximate surface area is 384 Å². The third-order valence-corrected chi connectivity index (χ3v) is 12.4. The Morgan fingerprint density at radius 2 is 1.58 bits per heavy atom. The molecule has 0 bridgehead atoms. The number of anilines is 6. The maximum Gasteiger partial charge on any atom is 0.268 e. The molecule has 66 heavy (non-hydrogen) atoms. The highest BCUT2D eigenvalue weighted by atomic mass is 35.5. The molecule has 15 nitrogen and oxygen atoms in total. The molecule has 344 valence electrons. The standard InChI is InChI=1S/C47H48ClF3N10O5/c1-66-41-26-40(37(50)25-34(41)32-12-13-42(62)56-45(32)64)60-22-20-59(21-23-60)17-14-28-15-18-61(19-16-28)58-46(65)33-11-10-31(24-36(33)49)54-47-52-27-38(51)43(57-47)53-30-8-6-29(7-9-30)44(63)55-39-5-3-2-4-35(39)48/h2-11,24-28,32H,12-23H2,1H3,(H,55,63)(H,58,65)(H,56,62,64)(H2,52,53,54,57). The first-order valence-electron chi connectivity index (χ1n) is 21.7. The van der Waals surface area contributed by atoms with E-state index in [2.05, 4.69) is 41.6 Å². The van der Waals surface area contributed by atoms with Gasteiger partial charge in [-0.1, -0.05) is 23.7 Å². The van der Waals surface area contributed by atoms with Gasteiger partial charge in [0.2, 0.25) is 17.8 Å². The zero-order valence-electron chi connectivity index (χ0n) is 36.0. The summed E-state index contributed by atoms with van der Waals surface area (Å²) in [7, 11) is 1.49. The maximum absolute atomic E-state index is 15.5. The van der Waals surface area contributed by atoms with Crippen molar-refractivity contribution in [2.45, 2.75) is 38.0 Å². The highest BCUT2D eigenvalue weighted by molar-refractivity contribution is 6.33. The minimum absolute atomic E-state index is 0.0246. The topological polar surface area (TPSA) is 173 Å². The number of hydrazine groups is 1. The van der Waals surface area contributed by atoms with Crippen molar-refractivity contribution in [2.24, 2.45) is 5.92 Å². The van der Waals surface area contributed by atoms with Crippen LogP contribution in [0.5, 0.6) is 5.75 Å². The summed E-state index contributed by atoms with van der Waals surface area (Å²) in [6.45, 7) is 4.88. The third kappa shape index (κ3) is 11.0. The van der Waals surface area contributed by atoms with E-state index in [1.54, 1.807) is 59.6 Å². The monoisotopic (exact) mass is 924 g/mol. The molecule has 5 N–H and O–H groups in total. The Balaban J connectivity index is 0.766. The number of aromatic nitrogens is 2. The molecule has 1 atom stereocenters. The number of rotatable bonds is 14. The molecule has 5 aromatic rings. The van der Waals surface area contributed by atoms with Crippen LogP contribution in [-0.2, 0) is 9.59 Å². The van der Waals surface area contributed by atoms with Crippen LogP contribution in [0.3, 0.4) is 0 Å². The Morgan fingerprint density at radius 1 is 0.833 bits per heavy atom. The number of piperazine rings is 1. The van der Waals surface area contributed by atoms with Crippen LogP contribution in [0.15, 0.2) is 85.1 Å². The summed E-state index contributed by atoms with van der Waals surface area (Å²) in [6, 6.07) is 20.2. The smallest absolute Gasteiger partial charge is 0.268 e. The van der Waals surface area contributed by atoms with Crippen LogP contribution in [0.4, 0.5) is 47.7 Å². The second-order valence-corrected chi connectivity index (χ2v) is 16.8. The summed E-state index contributed by atoms with van der Waals surface area (Å²) in [6.07, 6.45) is 4.15. The average Bonchev–Trinajstić information content (AvgIpc) is 3.31. The number of carbonyl (C=O) groups excluding carboxylic acids is 4. The van der Waals surface area contributed by atoms with Gasteiger partial charge in [0.25, 0.3) is 11.8 Å². The average molecular weight is 925 g/mol. The number of hydrogen-bond acceptors (Lipinski definition) is 12. The van der Waals surface area contributed by atoms with Crippen LogP contribution in [0.2, 0.25) is 5.02 Å². The molecular formula is C47H48ClF3N10O5. The third-order valence-electron chi connectivity index (χ3n) is 12.1. The molecule has 19 heteroatoms. The van der Waals surface area contributed by atoms with E-state index in [4.69, 9.17) is 16.3 Å². The minimum atomic E-state index is -0.766. The van der Waals surface area contributed by atoms with E-state index in [1.807, 2.05) is 4.90 Å². The van der Waals surface area contributed by atoms with Crippen molar-refractivity contribution in [3.63, 3.8) is 0 Å². The molecule has 3 fully saturated rings. The number of methoxy groups -OCH3 is 1. The van der Waals surface area contributed by atoms with Gasteiger partial charge in [0, 0.05) is 74.3 Å². The number of para-hydroxylation sites is 1. The lowest BCUT2D eigenvalue weighted by Gasteiger charge is -2.38. The summed E-state index contributed by atoms with van der Waals surface area (Å²) in [5, 5.41) is 13.0. The second-order valence-electron chi connectivity index (χ2n) is 16.4. The van der Waals surface area contributed by atoms with E-state index in [9.17, 15) is 23.6 Å². The predicted molar refractivity (Wildman–Crippen MR) is 244 cm³/mol. The molecule has 1 aromatic heterocycles. The highest BCUT2D eigenvalue weighted by Crippen LogP contribution is 2.37. The number of benzene rings is 4. The van der Waals surface area contributed by atoms with E-state index in [0.29, 0.717) is 77.5 Å². The molecule has 4 amide bonds. The van der Waals surface area contributed by atoms with Crippen LogP contribution >= 0.6 is 11.6 Å². The number of hydrogen-bond donors (Lipinski definition) is 5. The normalized spacial score (nSPS) is 17.2. The fourth-order valence-corrected chi connectivity index (χ4v) is 8.56. The van der Waals surface area contributed by atoms with Gasteiger partial charge in [-0.05, 0) is 98.8 Å². The lowest BCUT2D eigenvalue weighted by atomic mass is 9.89. The molecule has 3 aliphatic rings. The number of carbonyl (C=O) groups is 4. The van der Waals surface area contributed by atoms with Crippen molar-refractivity contribution < 1.29 is 37.1 Å². The summed E-state index contributed by atoms with van der Waals surface area (Å²) < 4.78 is 51.1. The van der Waals surface area contributed by atoms with Gasteiger partial charge in [-0.25, -0.2) is 23.2 Å². The molecule has 1 unspecified atom stereocenters. The van der Waals surface area contributed by atoms with Crippen LogP contribution in [-0.4, -0.2) is 96.4 Å². The lowest BCUT2D eigenvalue weighted by molar-refractivity contribution is -0.134. The van der Waals surface area contributed by atoms with Crippen molar-refractivity contribution in [2.75, 3.05) is 73.8 Å². The molecule has 0 radical (unpaired) electrons. The van der Waals surface area contributed by atoms with E-state index in [-0.39, 0.29) is 41.3 Å². The lowest BCUT2D eigenvalue weighted by Crippen LogP contribution is -2.48. The van der Waals surface area contributed by atoms with Crippen molar-refractivity contribution in [3.05, 3.63) is 124 Å². The Kier molecular flexibility index (Phi) is 14.3. The van der Waals surface area contributed by atoms with Crippen LogP contribution in [0.1, 0.15) is 64.3 Å². The number of halogens is 4. The predicted octanol–water partition coefficient (Wildman–Crippen LogP) is 7.38. The van der Waals surface area contributed by atoms with E-state index in [1.165, 1.54) is 25.3 Å². The molecule has 3 aliphatic heterocycles. The Bertz CT molecular complexity index is 2610. The molecule has 0 aliphatic carbocycles. The van der Waals surface area contributed by atoms with Crippen LogP contribution < -0.4 is 36.3 Å². The van der Waals surface area contributed by atoms with Crippen LogP contribution in [0, 0.1) is 23.4 Å². The van der Waals surface area contributed by atoms with Crippen molar-refractivity contribution in [1.82, 2.24) is 30.6 Å². The summed E-state index contributed by atoms with van der Waals surface area (Å²) in [4.78, 5) is 62.4. The van der Waals surface area contributed by atoms with E-state index >= 15 is 8.78 Å². The van der Waals surface area contributed by atoms with Gasteiger partial charge in [0.1, 0.15) is 17.4 Å². The summed E-state index contributed by atoms with van der Waals surface area (Å²) in [5.74, 6) is -3.63. The summed E-state index contributed by atoms with van der Waals surface area (Å²) in [5.41, 5.74) is 5.06. The van der Waals surface area contributed by atoms with Gasteiger partial charge in [-0.3, -0.25) is 34.8 Å². The number of ether oxygens (including phenoxy) is 1. The van der Waals surface area contributed by atoms with Gasteiger partial charge in [0.05, 0.1) is 41.2 Å². The van der Waals surface area contributed by atoms with Gasteiger partial charge in [-0.15, -0.1) is 0 Å². The minimum Gasteiger partial charge on any atom is -0.496 e. The largest absolute Gasteiger partial charge is 0.496 e. The number of nitrogens with one attached hydrogen (secondary N) is 5. The molecule has 4 heterocycles.